The van der Waals surface area contributed by atoms with Crippen LogP contribution in [0, 0.1) is 25.2 Å². The Kier molecular flexibility index (Phi) is 4.72. The van der Waals surface area contributed by atoms with E-state index in [-0.39, 0.29) is 18.4 Å². The van der Waals surface area contributed by atoms with E-state index in [1.54, 1.807) is 12.1 Å². The SMILES string of the molecule is Cc1sc(NC(=O)COc2ccc3c(c2)CCC(=O)N3)c(C#N)c1C. The van der Waals surface area contributed by atoms with Gasteiger partial charge in [-0.15, -0.1) is 11.3 Å². The second kappa shape index (κ2) is 6.95. The lowest BCUT2D eigenvalue weighted by atomic mass is 10.0. The molecular weight excluding hydrogens is 338 g/mol. The zero-order chi connectivity index (χ0) is 18.0. The largest absolute Gasteiger partial charge is 0.484 e. The van der Waals surface area contributed by atoms with Gasteiger partial charge in [-0.25, -0.2) is 0 Å². The molecule has 1 aromatic carbocycles. The van der Waals surface area contributed by atoms with E-state index in [2.05, 4.69) is 16.7 Å². The molecule has 0 aliphatic carbocycles. The van der Waals surface area contributed by atoms with Crippen molar-refractivity contribution in [1.29, 1.82) is 5.26 Å². The number of hydrogen-bond donors (Lipinski definition) is 2. The summed E-state index contributed by atoms with van der Waals surface area (Å²) in [5.41, 5.74) is 3.17. The average molecular weight is 355 g/mol. The van der Waals surface area contributed by atoms with Crippen molar-refractivity contribution in [3.63, 3.8) is 0 Å². The number of aryl methyl sites for hydroxylation is 2. The molecule has 3 rings (SSSR count). The molecule has 7 heteroatoms. The average Bonchev–Trinajstić information content (AvgIpc) is 2.86. The normalized spacial score (nSPS) is 12.8. The van der Waals surface area contributed by atoms with Gasteiger partial charge in [0.25, 0.3) is 5.91 Å². The van der Waals surface area contributed by atoms with Crippen LogP contribution in [-0.4, -0.2) is 18.4 Å². The monoisotopic (exact) mass is 355 g/mol. The number of rotatable bonds is 4. The van der Waals surface area contributed by atoms with Crippen LogP contribution in [0.3, 0.4) is 0 Å². The number of hydrogen-bond acceptors (Lipinski definition) is 5. The van der Waals surface area contributed by atoms with Crippen LogP contribution in [0.2, 0.25) is 0 Å². The standard InChI is InChI=1S/C18H17N3O3S/c1-10-11(2)25-18(14(10)8-19)21-17(23)9-24-13-4-5-15-12(7-13)3-6-16(22)20-15/h4-5,7H,3,6,9H2,1-2H3,(H,20,22)(H,21,23). The Hall–Kier alpha value is -2.85. The van der Waals surface area contributed by atoms with Gasteiger partial charge in [-0.1, -0.05) is 0 Å². The van der Waals surface area contributed by atoms with Crippen LogP contribution in [0.4, 0.5) is 10.7 Å². The van der Waals surface area contributed by atoms with E-state index in [9.17, 15) is 14.9 Å². The molecule has 1 aliphatic rings. The number of fused-ring (bicyclic) bond motifs is 1. The first kappa shape index (κ1) is 17.0. The minimum Gasteiger partial charge on any atom is -0.484 e. The second-order valence-corrected chi connectivity index (χ2v) is 7.03. The van der Waals surface area contributed by atoms with Crippen molar-refractivity contribution in [2.75, 3.05) is 17.2 Å². The zero-order valence-electron chi connectivity index (χ0n) is 13.9. The van der Waals surface area contributed by atoms with Crippen LogP contribution in [0.5, 0.6) is 5.75 Å². The van der Waals surface area contributed by atoms with E-state index in [4.69, 9.17) is 4.74 Å². The molecule has 0 spiro atoms. The summed E-state index contributed by atoms with van der Waals surface area (Å²) in [6.07, 6.45) is 1.11. The Bertz CT molecular complexity index is 896. The molecule has 0 fully saturated rings. The first-order valence-electron chi connectivity index (χ1n) is 7.83. The maximum atomic E-state index is 12.1. The second-order valence-electron chi connectivity index (χ2n) is 5.80. The third-order valence-corrected chi connectivity index (χ3v) is 5.21. The van der Waals surface area contributed by atoms with Crippen molar-refractivity contribution in [3.05, 3.63) is 39.8 Å². The summed E-state index contributed by atoms with van der Waals surface area (Å²) in [7, 11) is 0. The number of nitrogens with one attached hydrogen (secondary N) is 2. The predicted molar refractivity (Wildman–Crippen MR) is 96.0 cm³/mol. The van der Waals surface area contributed by atoms with E-state index < -0.39 is 0 Å². The number of benzene rings is 1. The van der Waals surface area contributed by atoms with E-state index in [1.807, 2.05) is 19.9 Å². The van der Waals surface area contributed by atoms with Gasteiger partial charge in [0.2, 0.25) is 5.91 Å². The van der Waals surface area contributed by atoms with Crippen molar-refractivity contribution in [2.45, 2.75) is 26.7 Å². The summed E-state index contributed by atoms with van der Waals surface area (Å²) >= 11 is 1.38. The van der Waals surface area contributed by atoms with E-state index >= 15 is 0 Å². The highest BCUT2D eigenvalue weighted by Crippen LogP contribution is 2.31. The number of nitriles is 1. The third-order valence-electron chi connectivity index (χ3n) is 4.09. The molecule has 1 aromatic heterocycles. The van der Waals surface area contributed by atoms with Crippen molar-refractivity contribution in [1.82, 2.24) is 0 Å². The van der Waals surface area contributed by atoms with Crippen molar-refractivity contribution >= 4 is 33.8 Å². The fourth-order valence-electron chi connectivity index (χ4n) is 2.61. The summed E-state index contributed by atoms with van der Waals surface area (Å²) in [4.78, 5) is 24.5. The summed E-state index contributed by atoms with van der Waals surface area (Å²) < 4.78 is 5.54. The summed E-state index contributed by atoms with van der Waals surface area (Å²) in [5.74, 6) is 0.267. The molecule has 0 unspecified atom stereocenters. The van der Waals surface area contributed by atoms with Gasteiger partial charge in [0.15, 0.2) is 6.61 Å². The van der Waals surface area contributed by atoms with E-state index in [1.165, 1.54) is 11.3 Å². The Balaban J connectivity index is 1.62. The van der Waals surface area contributed by atoms with Crippen LogP contribution < -0.4 is 15.4 Å². The van der Waals surface area contributed by atoms with E-state index in [0.717, 1.165) is 21.7 Å². The minimum absolute atomic E-state index is 0.00961. The maximum absolute atomic E-state index is 12.1. The Labute approximate surface area is 149 Å². The summed E-state index contributed by atoms with van der Waals surface area (Å²) in [6, 6.07) is 7.45. The molecule has 0 saturated heterocycles. The number of thiophene rings is 1. The number of ether oxygens (including phenoxy) is 1. The third kappa shape index (κ3) is 3.64. The maximum Gasteiger partial charge on any atom is 0.262 e. The summed E-state index contributed by atoms with van der Waals surface area (Å²) in [6.45, 7) is 3.63. The van der Waals surface area contributed by atoms with Crippen molar-refractivity contribution in [2.24, 2.45) is 0 Å². The van der Waals surface area contributed by atoms with Gasteiger partial charge in [-0.2, -0.15) is 5.26 Å². The van der Waals surface area contributed by atoms with Gasteiger partial charge < -0.3 is 15.4 Å². The Morgan fingerprint density at radius 3 is 2.96 bits per heavy atom. The fraction of sp³-hybridized carbons (Fsp3) is 0.278. The molecule has 2 N–H and O–H groups in total. The molecule has 2 aromatic rings. The fourth-order valence-corrected chi connectivity index (χ4v) is 3.64. The topological polar surface area (TPSA) is 91.2 Å². The molecule has 6 nitrogen and oxygen atoms in total. The summed E-state index contributed by atoms with van der Waals surface area (Å²) in [5, 5.41) is 15.3. The van der Waals surface area contributed by atoms with Crippen LogP contribution in [0.25, 0.3) is 0 Å². The first-order valence-corrected chi connectivity index (χ1v) is 8.65. The zero-order valence-corrected chi connectivity index (χ0v) is 14.8. The number of carbonyl (C=O) groups is 2. The van der Waals surface area contributed by atoms with Crippen LogP contribution in [0.15, 0.2) is 18.2 Å². The molecule has 0 atom stereocenters. The molecule has 2 heterocycles. The molecule has 25 heavy (non-hydrogen) atoms. The molecule has 2 amide bonds. The smallest absolute Gasteiger partial charge is 0.262 e. The lowest BCUT2D eigenvalue weighted by Crippen LogP contribution is -2.21. The lowest BCUT2D eigenvalue weighted by Gasteiger charge is -2.17. The van der Waals surface area contributed by atoms with Crippen LogP contribution in [-0.2, 0) is 16.0 Å². The molecular formula is C18H17N3O3S. The quantitative estimate of drug-likeness (QED) is 0.881. The van der Waals surface area contributed by atoms with Crippen LogP contribution >= 0.6 is 11.3 Å². The minimum atomic E-state index is -0.316. The van der Waals surface area contributed by atoms with Gasteiger partial charge in [0, 0.05) is 17.0 Å². The first-order chi connectivity index (χ1) is 12.0. The molecule has 1 aliphatic heterocycles. The molecule has 0 radical (unpaired) electrons. The number of anilines is 2. The number of nitrogens with zero attached hydrogens (tertiary/aromatic N) is 1. The highest BCUT2D eigenvalue weighted by molar-refractivity contribution is 7.16. The Morgan fingerprint density at radius 1 is 1.40 bits per heavy atom. The van der Waals surface area contributed by atoms with Gasteiger partial charge in [0.05, 0.1) is 5.56 Å². The number of amides is 2. The van der Waals surface area contributed by atoms with Gasteiger partial charge in [-0.3, -0.25) is 9.59 Å². The van der Waals surface area contributed by atoms with Gasteiger partial charge in [-0.05, 0) is 49.6 Å². The predicted octanol–water partition coefficient (Wildman–Crippen LogP) is 3.14. The van der Waals surface area contributed by atoms with Crippen LogP contribution in [0.1, 0.15) is 28.0 Å². The Morgan fingerprint density at radius 2 is 2.20 bits per heavy atom. The lowest BCUT2D eigenvalue weighted by molar-refractivity contribution is -0.118. The molecule has 0 bridgehead atoms. The highest BCUT2D eigenvalue weighted by atomic mass is 32.1. The van der Waals surface area contributed by atoms with Gasteiger partial charge >= 0.3 is 0 Å². The van der Waals surface area contributed by atoms with Crippen molar-refractivity contribution < 1.29 is 14.3 Å². The highest BCUT2D eigenvalue weighted by Gasteiger charge is 2.17. The molecule has 128 valence electrons. The molecule has 0 saturated carbocycles. The van der Waals surface area contributed by atoms with Gasteiger partial charge in [0.1, 0.15) is 16.8 Å². The van der Waals surface area contributed by atoms with Crippen molar-refractivity contribution in [3.8, 4) is 11.8 Å². The number of carbonyl (C=O) groups excluding carboxylic acids is 2. The van der Waals surface area contributed by atoms with E-state index in [0.29, 0.717) is 29.2 Å².